The van der Waals surface area contributed by atoms with Crippen molar-refractivity contribution in [1.29, 1.82) is 0 Å². The topological polar surface area (TPSA) is 95.5 Å². The molecule has 3 aromatic carbocycles. The van der Waals surface area contributed by atoms with Crippen LogP contribution in [0.2, 0.25) is 0 Å². The fourth-order valence-corrected chi connectivity index (χ4v) is 4.68. The predicted molar refractivity (Wildman–Crippen MR) is 134 cm³/mol. The molecule has 1 spiro atoms. The van der Waals surface area contributed by atoms with Gasteiger partial charge in [0.15, 0.2) is 5.78 Å². The van der Waals surface area contributed by atoms with Crippen molar-refractivity contribution < 1.29 is 28.6 Å². The molecule has 0 saturated heterocycles. The van der Waals surface area contributed by atoms with E-state index in [1.165, 1.54) is 7.11 Å². The minimum atomic E-state index is -1.65. The van der Waals surface area contributed by atoms with Gasteiger partial charge in [0.1, 0.15) is 28.9 Å². The van der Waals surface area contributed by atoms with Gasteiger partial charge in [-0.3, -0.25) is 9.59 Å². The van der Waals surface area contributed by atoms with E-state index in [1.54, 1.807) is 67.8 Å². The summed E-state index contributed by atoms with van der Waals surface area (Å²) in [6.07, 6.45) is 0.876. The maximum Gasteiger partial charge on any atom is 0.277 e. The number of benzene rings is 3. The third-order valence-corrected chi connectivity index (χ3v) is 6.44. The lowest BCUT2D eigenvalue weighted by molar-refractivity contribution is -0.140. The van der Waals surface area contributed by atoms with E-state index in [0.717, 1.165) is 6.42 Å². The average molecular weight is 487 g/mol. The third-order valence-electron chi connectivity index (χ3n) is 6.44. The number of methoxy groups -OCH3 is 2. The Bertz CT molecular complexity index is 1350. The first-order chi connectivity index (χ1) is 17.5. The number of Topliss-reactive ketones (excluding diaryl/α,β-unsaturated/α-hetero) is 1. The third kappa shape index (κ3) is 3.66. The summed E-state index contributed by atoms with van der Waals surface area (Å²) in [6, 6.07) is 19.3. The molecule has 0 saturated carbocycles. The second kappa shape index (κ2) is 9.37. The summed E-state index contributed by atoms with van der Waals surface area (Å²) >= 11 is 0. The zero-order valence-electron chi connectivity index (χ0n) is 20.2. The fourth-order valence-electron chi connectivity index (χ4n) is 4.68. The molecule has 2 aliphatic rings. The lowest BCUT2D eigenvalue weighted by atomic mass is 9.74. The Kier molecular flexibility index (Phi) is 6.10. The molecule has 0 radical (unpaired) electrons. The Morgan fingerprint density at radius 3 is 2.50 bits per heavy atom. The van der Waals surface area contributed by atoms with Gasteiger partial charge in [0, 0.05) is 28.4 Å². The van der Waals surface area contributed by atoms with Gasteiger partial charge >= 0.3 is 0 Å². The first kappa shape index (κ1) is 23.4. The Morgan fingerprint density at radius 1 is 1.03 bits per heavy atom. The quantitative estimate of drug-likeness (QED) is 0.469. The van der Waals surface area contributed by atoms with E-state index in [-0.39, 0.29) is 5.78 Å². The number of carbonyl (C=O) groups is 2. The fraction of sp³-hybridized carbons (Fsp3) is 0.250. The highest BCUT2D eigenvalue weighted by atomic mass is 16.7. The second-order valence-electron chi connectivity index (χ2n) is 8.54. The van der Waals surface area contributed by atoms with Gasteiger partial charge in [-0.15, -0.1) is 0 Å². The van der Waals surface area contributed by atoms with Crippen LogP contribution in [0, 0.1) is 5.92 Å². The molecular weight excluding hydrogens is 460 g/mol. The van der Waals surface area contributed by atoms with Gasteiger partial charge < -0.3 is 24.4 Å². The van der Waals surface area contributed by atoms with E-state index in [2.05, 4.69) is 10.5 Å². The number of ketones is 1. The first-order valence-corrected chi connectivity index (χ1v) is 11.7. The van der Waals surface area contributed by atoms with Crippen LogP contribution in [-0.4, -0.2) is 38.2 Å². The van der Waals surface area contributed by atoms with E-state index in [4.69, 9.17) is 19.0 Å². The summed E-state index contributed by atoms with van der Waals surface area (Å²) < 4.78 is 16.6. The molecule has 1 amide bonds. The van der Waals surface area contributed by atoms with Gasteiger partial charge in [0.05, 0.1) is 20.8 Å². The van der Waals surface area contributed by atoms with Crippen LogP contribution in [0.5, 0.6) is 17.2 Å². The van der Waals surface area contributed by atoms with Crippen LogP contribution in [0.1, 0.15) is 34.8 Å². The highest BCUT2D eigenvalue weighted by Gasteiger charge is 2.63. The Labute approximate surface area is 208 Å². The summed E-state index contributed by atoms with van der Waals surface area (Å²) in [6.45, 7) is 2.61. The van der Waals surface area contributed by atoms with E-state index in [9.17, 15) is 9.59 Å². The van der Waals surface area contributed by atoms with E-state index < -0.39 is 17.4 Å². The van der Waals surface area contributed by atoms with Gasteiger partial charge in [-0.1, -0.05) is 30.3 Å². The van der Waals surface area contributed by atoms with Gasteiger partial charge in [-0.05, 0) is 48.9 Å². The summed E-state index contributed by atoms with van der Waals surface area (Å²) in [5.41, 5.74) is 0.743. The van der Waals surface area contributed by atoms with Gasteiger partial charge in [-0.25, -0.2) is 0 Å². The summed E-state index contributed by atoms with van der Waals surface area (Å²) in [5.74, 6) is -0.124. The minimum Gasteiger partial charge on any atom is -0.497 e. The molecule has 2 aliphatic heterocycles. The van der Waals surface area contributed by atoms with Crippen molar-refractivity contribution in [3.63, 3.8) is 0 Å². The highest BCUT2D eigenvalue weighted by molar-refractivity contribution is 6.25. The molecule has 184 valence electrons. The van der Waals surface area contributed by atoms with E-state index in [1.807, 2.05) is 13.0 Å². The number of para-hydroxylation sites is 1. The molecule has 36 heavy (non-hydrogen) atoms. The van der Waals surface area contributed by atoms with Crippen molar-refractivity contribution >= 4 is 23.1 Å². The van der Waals surface area contributed by atoms with Gasteiger partial charge in [-0.2, -0.15) is 0 Å². The lowest BCUT2D eigenvalue weighted by Crippen LogP contribution is -2.46. The number of oxime groups is 1. The van der Waals surface area contributed by atoms with Crippen LogP contribution in [-0.2, 0) is 15.2 Å². The molecular formula is C28H26N2O6. The van der Waals surface area contributed by atoms with Crippen molar-refractivity contribution in [2.45, 2.75) is 18.9 Å². The molecule has 0 bridgehead atoms. The maximum absolute atomic E-state index is 14.1. The second-order valence-corrected chi connectivity index (χ2v) is 8.54. The van der Waals surface area contributed by atoms with Crippen molar-refractivity contribution in [3.8, 4) is 17.2 Å². The number of nitrogens with one attached hydrogen (secondary N) is 1. The Hall–Kier alpha value is -4.33. The van der Waals surface area contributed by atoms with Crippen molar-refractivity contribution in [1.82, 2.24) is 0 Å². The number of hydrogen-bond acceptors (Lipinski definition) is 7. The summed E-state index contributed by atoms with van der Waals surface area (Å²) in [5, 5.41) is 7.19. The molecule has 0 aromatic heterocycles. The first-order valence-electron chi connectivity index (χ1n) is 11.7. The van der Waals surface area contributed by atoms with E-state index >= 15 is 0 Å². The van der Waals surface area contributed by atoms with Crippen LogP contribution in [0.25, 0.3) is 0 Å². The number of anilines is 1. The molecule has 0 fully saturated rings. The van der Waals surface area contributed by atoms with E-state index in [0.29, 0.717) is 51.9 Å². The largest absolute Gasteiger partial charge is 0.497 e. The Balaban J connectivity index is 1.63. The molecule has 5 rings (SSSR count). The number of amides is 1. The van der Waals surface area contributed by atoms with Crippen LogP contribution in [0.3, 0.4) is 0 Å². The summed E-state index contributed by atoms with van der Waals surface area (Å²) in [7, 11) is 3.08. The number of fused-ring (bicyclic) bond motifs is 2. The number of carbonyl (C=O) groups excluding carboxylic acids is 2. The molecule has 2 unspecified atom stereocenters. The molecule has 3 aromatic rings. The lowest BCUT2D eigenvalue weighted by Gasteiger charge is -2.27. The Morgan fingerprint density at radius 2 is 1.78 bits per heavy atom. The highest BCUT2D eigenvalue weighted by Crippen LogP contribution is 2.50. The minimum absolute atomic E-state index is 0.303. The van der Waals surface area contributed by atoms with Crippen LogP contribution in [0.15, 0.2) is 71.9 Å². The smallest absolute Gasteiger partial charge is 0.277 e. The zero-order chi connectivity index (χ0) is 25.3. The molecule has 2 heterocycles. The summed E-state index contributed by atoms with van der Waals surface area (Å²) in [4.78, 5) is 33.6. The number of nitrogens with zero attached hydrogens (tertiary/aromatic N) is 1. The molecule has 2 atom stereocenters. The number of rotatable bonds is 8. The zero-order valence-corrected chi connectivity index (χ0v) is 20.2. The molecule has 8 heteroatoms. The van der Waals surface area contributed by atoms with Crippen molar-refractivity contribution in [3.05, 3.63) is 83.4 Å². The number of hydrogen-bond donors (Lipinski definition) is 1. The monoisotopic (exact) mass is 486 g/mol. The molecule has 1 N–H and O–H groups in total. The molecule has 8 nitrogen and oxygen atoms in total. The van der Waals surface area contributed by atoms with Gasteiger partial charge in [0.25, 0.3) is 11.5 Å². The van der Waals surface area contributed by atoms with Gasteiger partial charge in [0.2, 0.25) is 0 Å². The number of ether oxygens (including phenoxy) is 3. The normalized spacial score (nSPS) is 19.8. The van der Waals surface area contributed by atoms with Crippen molar-refractivity contribution in [2.24, 2.45) is 11.1 Å². The van der Waals surface area contributed by atoms with Crippen LogP contribution >= 0.6 is 0 Å². The maximum atomic E-state index is 14.1. The van der Waals surface area contributed by atoms with Crippen molar-refractivity contribution in [2.75, 3.05) is 26.1 Å². The molecule has 0 aliphatic carbocycles. The van der Waals surface area contributed by atoms with Crippen LogP contribution in [0.4, 0.5) is 5.69 Å². The standard InChI is InChI=1S/C28H26N2O6/c1-4-15-35-18-11-9-17(10-12-18)26(31)24-25(20-14-13-19(33-2)16-23(20)34-3)30-36-28(24)21-7-5-6-8-22(21)29-27(28)32/h5-14,16,24H,4,15H2,1-3H3,(H,29,32). The van der Waals surface area contributed by atoms with Crippen LogP contribution < -0.4 is 19.5 Å². The average Bonchev–Trinajstić information content (AvgIpc) is 3.45. The predicted octanol–water partition coefficient (Wildman–Crippen LogP) is 4.57. The SMILES string of the molecule is CCCOc1ccc(C(=O)C2C(c3ccc(OC)cc3OC)=NOC23C(=O)Nc2ccccc23)cc1.